The molecule has 7 nitrogen and oxygen atoms in total. The molecule has 0 fully saturated rings. The molecule has 3 aromatic rings. The molecule has 1 N–H and O–H groups in total. The molecule has 1 aliphatic heterocycles. The van der Waals surface area contributed by atoms with Crippen molar-refractivity contribution in [1.82, 2.24) is 14.8 Å². The maximum Gasteiger partial charge on any atom is 0.259 e. The third-order valence-corrected chi connectivity index (χ3v) is 4.85. The molecule has 0 radical (unpaired) electrons. The average Bonchev–Trinajstić information content (AvgIpc) is 3.15. The third kappa shape index (κ3) is 4.18. The second-order valence-corrected chi connectivity index (χ2v) is 6.91. The molecule has 1 atom stereocenters. The summed E-state index contributed by atoms with van der Waals surface area (Å²) >= 11 is 0. The number of carbonyl (C=O) groups is 1. The summed E-state index contributed by atoms with van der Waals surface area (Å²) in [5, 5.41) is 7.50. The van der Waals surface area contributed by atoms with Gasteiger partial charge in [0.2, 0.25) is 5.95 Å². The molecular formula is C22H23N5O2. The number of benzene rings is 2. The molecule has 0 spiro atoms. The fraction of sp³-hybridized carbons (Fsp3) is 0.273. The molecule has 0 saturated heterocycles. The van der Waals surface area contributed by atoms with Crippen LogP contribution in [-0.4, -0.2) is 33.0 Å². The Balaban J connectivity index is 1.45. The Labute approximate surface area is 169 Å². The predicted octanol–water partition coefficient (Wildman–Crippen LogP) is 3.89. The molecule has 4 rings (SSSR count). The van der Waals surface area contributed by atoms with Crippen LogP contribution in [-0.2, 0) is 13.0 Å². The lowest BCUT2D eigenvalue weighted by molar-refractivity contribution is 0.0852. The Morgan fingerprint density at radius 3 is 2.55 bits per heavy atom. The topological polar surface area (TPSA) is 81.4 Å². The van der Waals surface area contributed by atoms with Gasteiger partial charge in [-0.3, -0.25) is 4.79 Å². The van der Waals surface area contributed by atoms with Crippen LogP contribution in [0.1, 0.15) is 29.8 Å². The zero-order chi connectivity index (χ0) is 20.2. The Hall–Kier alpha value is -3.48. The van der Waals surface area contributed by atoms with Crippen molar-refractivity contribution in [1.29, 1.82) is 0 Å². The minimum absolute atomic E-state index is 0.0991. The highest BCUT2D eigenvalue weighted by Gasteiger charge is 2.31. The smallest absolute Gasteiger partial charge is 0.259 e. The zero-order valence-corrected chi connectivity index (χ0v) is 16.5. The Bertz CT molecular complexity index is 1030. The first kappa shape index (κ1) is 18.9. The summed E-state index contributed by atoms with van der Waals surface area (Å²) in [6.45, 7) is 5.01. The average molecular weight is 389 g/mol. The maximum absolute atomic E-state index is 13.0. The normalized spacial score (nSPS) is 15.6. The van der Waals surface area contributed by atoms with Gasteiger partial charge in [-0.1, -0.05) is 42.5 Å². The van der Waals surface area contributed by atoms with Crippen molar-refractivity contribution in [2.45, 2.75) is 26.8 Å². The molecular weight excluding hydrogens is 366 g/mol. The van der Waals surface area contributed by atoms with Gasteiger partial charge in [-0.2, -0.15) is 9.67 Å². The maximum atomic E-state index is 13.0. The van der Waals surface area contributed by atoms with E-state index in [4.69, 9.17) is 4.74 Å². The van der Waals surface area contributed by atoms with Crippen molar-refractivity contribution in [2.75, 3.05) is 11.9 Å². The molecule has 0 amide bonds. The summed E-state index contributed by atoms with van der Waals surface area (Å²) in [4.78, 5) is 21.8. The SMILES string of the molecule is CCOc1ccc(CNc2nc3n(n2)C(=O)C(Cc2ccccc2)C(C)=N3)cc1. The third-order valence-electron chi connectivity index (χ3n) is 4.85. The van der Waals surface area contributed by atoms with Crippen LogP contribution in [0, 0.1) is 5.92 Å². The number of anilines is 1. The molecule has 148 valence electrons. The molecule has 0 aliphatic carbocycles. The number of aromatic nitrogens is 3. The van der Waals surface area contributed by atoms with Crippen LogP contribution in [0.15, 0.2) is 59.6 Å². The Morgan fingerprint density at radius 2 is 1.83 bits per heavy atom. The highest BCUT2D eigenvalue weighted by atomic mass is 16.5. The van der Waals surface area contributed by atoms with Gasteiger partial charge in [0.1, 0.15) is 5.75 Å². The Morgan fingerprint density at radius 1 is 1.07 bits per heavy atom. The summed E-state index contributed by atoms with van der Waals surface area (Å²) in [6, 6.07) is 17.8. The van der Waals surface area contributed by atoms with Gasteiger partial charge in [-0.15, -0.1) is 5.10 Å². The summed E-state index contributed by atoms with van der Waals surface area (Å²) in [5.41, 5.74) is 2.92. The first-order valence-corrected chi connectivity index (χ1v) is 9.70. The van der Waals surface area contributed by atoms with Gasteiger partial charge in [0.05, 0.1) is 12.5 Å². The number of aliphatic imine (C=N–C) groups is 1. The highest BCUT2D eigenvalue weighted by Crippen LogP contribution is 2.24. The number of hydrogen-bond donors (Lipinski definition) is 1. The standard InChI is InChI=1S/C22H23N5O2/c1-3-29-18-11-9-17(10-12-18)14-23-21-25-22-24-15(2)19(20(28)27(22)26-21)13-16-7-5-4-6-8-16/h4-12,19H,3,13-14H2,1-2H3,(H,23,26). The van der Waals surface area contributed by atoms with E-state index in [1.165, 1.54) is 4.68 Å². The number of hydrogen-bond acceptors (Lipinski definition) is 6. The summed E-state index contributed by atoms with van der Waals surface area (Å²) in [5.74, 6) is 1.13. The highest BCUT2D eigenvalue weighted by molar-refractivity contribution is 6.07. The predicted molar refractivity (Wildman–Crippen MR) is 112 cm³/mol. The first-order chi connectivity index (χ1) is 14.1. The molecule has 7 heteroatoms. The minimum Gasteiger partial charge on any atom is -0.494 e. The van der Waals surface area contributed by atoms with Crippen molar-refractivity contribution in [3.8, 4) is 5.75 Å². The molecule has 2 aromatic carbocycles. The summed E-state index contributed by atoms with van der Waals surface area (Å²) in [7, 11) is 0. The van der Waals surface area contributed by atoms with Crippen LogP contribution < -0.4 is 10.1 Å². The van der Waals surface area contributed by atoms with E-state index in [1.807, 2.05) is 68.4 Å². The van der Waals surface area contributed by atoms with Crippen molar-refractivity contribution >= 4 is 23.5 Å². The van der Waals surface area contributed by atoms with E-state index in [2.05, 4.69) is 20.4 Å². The minimum atomic E-state index is -0.328. The second-order valence-electron chi connectivity index (χ2n) is 6.91. The lowest BCUT2D eigenvalue weighted by Crippen LogP contribution is -2.33. The largest absolute Gasteiger partial charge is 0.494 e. The van der Waals surface area contributed by atoms with E-state index in [0.29, 0.717) is 31.5 Å². The molecule has 2 heterocycles. The number of rotatable bonds is 7. The van der Waals surface area contributed by atoms with E-state index in [1.54, 1.807) is 0 Å². The van der Waals surface area contributed by atoms with Gasteiger partial charge in [0.25, 0.3) is 11.9 Å². The molecule has 29 heavy (non-hydrogen) atoms. The Kier molecular flexibility index (Phi) is 5.37. The van der Waals surface area contributed by atoms with Gasteiger partial charge >= 0.3 is 0 Å². The number of carbonyl (C=O) groups excluding carboxylic acids is 1. The number of nitrogens with zero attached hydrogens (tertiary/aromatic N) is 4. The first-order valence-electron chi connectivity index (χ1n) is 9.70. The van der Waals surface area contributed by atoms with Crippen molar-refractivity contribution in [2.24, 2.45) is 10.9 Å². The zero-order valence-electron chi connectivity index (χ0n) is 16.5. The van der Waals surface area contributed by atoms with Crippen LogP contribution in [0.4, 0.5) is 11.9 Å². The fourth-order valence-corrected chi connectivity index (χ4v) is 3.30. The van der Waals surface area contributed by atoms with Crippen LogP contribution in [0.25, 0.3) is 0 Å². The fourth-order valence-electron chi connectivity index (χ4n) is 3.30. The summed E-state index contributed by atoms with van der Waals surface area (Å²) in [6.07, 6.45) is 0.600. The molecule has 0 bridgehead atoms. The quantitative estimate of drug-likeness (QED) is 0.663. The van der Waals surface area contributed by atoms with Crippen LogP contribution in [0.5, 0.6) is 5.75 Å². The van der Waals surface area contributed by atoms with E-state index in [-0.39, 0.29) is 11.8 Å². The van der Waals surface area contributed by atoms with Gasteiger partial charge in [-0.25, -0.2) is 4.99 Å². The van der Waals surface area contributed by atoms with Gasteiger partial charge in [0, 0.05) is 12.3 Å². The monoisotopic (exact) mass is 389 g/mol. The lowest BCUT2D eigenvalue weighted by atomic mass is 9.94. The number of fused-ring (bicyclic) bond motifs is 1. The van der Waals surface area contributed by atoms with E-state index in [0.717, 1.165) is 22.6 Å². The van der Waals surface area contributed by atoms with Crippen molar-refractivity contribution < 1.29 is 9.53 Å². The van der Waals surface area contributed by atoms with Crippen LogP contribution >= 0.6 is 0 Å². The van der Waals surface area contributed by atoms with Crippen LogP contribution in [0.2, 0.25) is 0 Å². The lowest BCUT2D eigenvalue weighted by Gasteiger charge is -2.19. The molecule has 1 unspecified atom stereocenters. The summed E-state index contributed by atoms with van der Waals surface area (Å²) < 4.78 is 6.76. The van der Waals surface area contributed by atoms with Gasteiger partial charge in [0.15, 0.2) is 0 Å². The second kappa shape index (κ2) is 8.26. The van der Waals surface area contributed by atoms with Crippen molar-refractivity contribution in [3.63, 3.8) is 0 Å². The van der Waals surface area contributed by atoms with Gasteiger partial charge in [-0.05, 0) is 43.5 Å². The number of ether oxygens (including phenoxy) is 1. The van der Waals surface area contributed by atoms with Gasteiger partial charge < -0.3 is 10.1 Å². The molecule has 1 aliphatic rings. The van der Waals surface area contributed by atoms with E-state index >= 15 is 0 Å². The molecule has 0 saturated carbocycles. The van der Waals surface area contributed by atoms with E-state index in [9.17, 15) is 4.79 Å². The molecule has 1 aromatic heterocycles. The van der Waals surface area contributed by atoms with Crippen molar-refractivity contribution in [3.05, 3.63) is 65.7 Å². The van der Waals surface area contributed by atoms with Crippen LogP contribution in [0.3, 0.4) is 0 Å². The number of nitrogens with one attached hydrogen (secondary N) is 1. The van der Waals surface area contributed by atoms with E-state index < -0.39 is 0 Å².